The Balaban J connectivity index is 2.41. The molecule has 0 atom stereocenters. The molecule has 0 amide bonds. The summed E-state index contributed by atoms with van der Waals surface area (Å²) in [7, 11) is -0.960. The summed E-state index contributed by atoms with van der Waals surface area (Å²) in [5, 5.41) is 0. The Kier molecular flexibility index (Phi) is 6.36. The third-order valence-corrected chi connectivity index (χ3v) is 9.83. The van der Waals surface area contributed by atoms with Crippen LogP contribution in [0.1, 0.15) is 33.6 Å². The van der Waals surface area contributed by atoms with Crippen molar-refractivity contribution in [3.05, 3.63) is 12.2 Å². The molecule has 0 saturated carbocycles. The highest BCUT2D eigenvalue weighted by molar-refractivity contribution is 6.80. The molecule has 0 aromatic rings. The zero-order chi connectivity index (χ0) is 11.9. The second kappa shape index (κ2) is 7.28. The molecule has 0 unspecified atom stereocenters. The Hall–Kier alpha value is -0.0831. The van der Waals surface area contributed by atoms with E-state index in [1.165, 1.54) is 56.7 Å². The Morgan fingerprint density at radius 1 is 1.12 bits per heavy atom. The quantitative estimate of drug-likeness (QED) is 0.476. The fourth-order valence-corrected chi connectivity index (χ4v) is 6.28. The van der Waals surface area contributed by atoms with E-state index in [0.717, 1.165) is 0 Å². The standard InChI is InChI=1S/C14H29NSi/c1-4-7-13-16(5-2,6-3)14-12-15-10-8-9-11-15/h4,7H,5-6,8-14H2,1-3H3/b7-4+. The van der Waals surface area contributed by atoms with Crippen LogP contribution in [0.3, 0.4) is 0 Å². The Bertz CT molecular complexity index is 203. The summed E-state index contributed by atoms with van der Waals surface area (Å²) in [5.74, 6) is 0. The number of likely N-dealkylation sites (tertiary alicyclic amines) is 1. The van der Waals surface area contributed by atoms with Crippen LogP contribution in [-0.4, -0.2) is 32.6 Å². The molecule has 0 spiro atoms. The molecule has 1 saturated heterocycles. The van der Waals surface area contributed by atoms with Gasteiger partial charge in [0.25, 0.3) is 0 Å². The summed E-state index contributed by atoms with van der Waals surface area (Å²) in [6.45, 7) is 11.1. The second-order valence-electron chi connectivity index (χ2n) is 5.28. The van der Waals surface area contributed by atoms with E-state index in [0.29, 0.717) is 0 Å². The first-order chi connectivity index (χ1) is 7.76. The fourth-order valence-electron chi connectivity index (χ4n) is 2.76. The zero-order valence-electron chi connectivity index (χ0n) is 11.5. The average Bonchev–Trinajstić information content (AvgIpc) is 2.83. The van der Waals surface area contributed by atoms with Crippen LogP contribution < -0.4 is 0 Å². The van der Waals surface area contributed by atoms with Gasteiger partial charge in [0, 0.05) is 0 Å². The zero-order valence-corrected chi connectivity index (χ0v) is 12.5. The molecular formula is C14H29NSi. The van der Waals surface area contributed by atoms with E-state index in [-0.39, 0.29) is 0 Å². The van der Waals surface area contributed by atoms with Gasteiger partial charge in [-0.1, -0.05) is 38.1 Å². The lowest BCUT2D eigenvalue weighted by molar-refractivity contribution is 0.356. The third kappa shape index (κ3) is 4.06. The van der Waals surface area contributed by atoms with E-state index in [1.54, 1.807) is 0 Å². The molecule has 94 valence electrons. The van der Waals surface area contributed by atoms with Gasteiger partial charge in [0.15, 0.2) is 0 Å². The molecule has 0 aromatic heterocycles. The molecule has 0 aliphatic carbocycles. The van der Waals surface area contributed by atoms with Gasteiger partial charge in [-0.25, -0.2) is 0 Å². The van der Waals surface area contributed by atoms with Crippen LogP contribution in [0.2, 0.25) is 24.2 Å². The normalized spacial score (nSPS) is 18.7. The largest absolute Gasteiger partial charge is 0.304 e. The first-order valence-electron chi connectivity index (χ1n) is 7.10. The van der Waals surface area contributed by atoms with Crippen molar-refractivity contribution < 1.29 is 0 Å². The minimum absolute atomic E-state index is 0.960. The van der Waals surface area contributed by atoms with Gasteiger partial charge in [0.2, 0.25) is 0 Å². The van der Waals surface area contributed by atoms with Crippen LogP contribution in [0.15, 0.2) is 12.2 Å². The van der Waals surface area contributed by atoms with Crippen LogP contribution in [0.25, 0.3) is 0 Å². The Morgan fingerprint density at radius 3 is 2.25 bits per heavy atom. The van der Waals surface area contributed by atoms with Gasteiger partial charge < -0.3 is 4.90 Å². The lowest BCUT2D eigenvalue weighted by atomic mass is 10.4. The van der Waals surface area contributed by atoms with Gasteiger partial charge in [-0.15, -0.1) is 0 Å². The summed E-state index contributed by atoms with van der Waals surface area (Å²) >= 11 is 0. The first kappa shape index (κ1) is 14.0. The molecule has 0 radical (unpaired) electrons. The third-order valence-electron chi connectivity index (χ3n) is 4.44. The van der Waals surface area contributed by atoms with Gasteiger partial charge in [-0.05, 0) is 51.5 Å². The van der Waals surface area contributed by atoms with Crippen molar-refractivity contribution in [3.8, 4) is 0 Å². The van der Waals surface area contributed by atoms with Crippen LogP contribution in [0, 0.1) is 0 Å². The highest BCUT2D eigenvalue weighted by atomic mass is 28.3. The van der Waals surface area contributed by atoms with Crippen molar-refractivity contribution in [2.45, 2.75) is 57.8 Å². The molecule has 1 nitrogen and oxygen atoms in total. The topological polar surface area (TPSA) is 3.24 Å². The van der Waals surface area contributed by atoms with Gasteiger partial charge in [-0.2, -0.15) is 0 Å². The molecule has 16 heavy (non-hydrogen) atoms. The van der Waals surface area contributed by atoms with Crippen LogP contribution in [0.5, 0.6) is 0 Å². The molecule has 0 bridgehead atoms. The maximum atomic E-state index is 2.68. The van der Waals surface area contributed by atoms with Crippen LogP contribution in [0.4, 0.5) is 0 Å². The Labute approximate surface area is 103 Å². The van der Waals surface area contributed by atoms with Crippen LogP contribution in [-0.2, 0) is 0 Å². The Morgan fingerprint density at radius 2 is 1.75 bits per heavy atom. The van der Waals surface area contributed by atoms with Crippen molar-refractivity contribution in [1.82, 2.24) is 4.90 Å². The molecule has 2 heteroatoms. The maximum Gasteiger partial charge on any atom is 0.0580 e. The molecule has 1 fully saturated rings. The number of rotatable bonds is 7. The highest BCUT2D eigenvalue weighted by Crippen LogP contribution is 2.27. The summed E-state index contributed by atoms with van der Waals surface area (Å²) < 4.78 is 0. The molecule has 1 aliphatic rings. The van der Waals surface area contributed by atoms with Crippen molar-refractivity contribution in [2.24, 2.45) is 0 Å². The molecule has 1 heterocycles. The lowest BCUT2D eigenvalue weighted by Crippen LogP contribution is -2.36. The number of hydrogen-bond donors (Lipinski definition) is 0. The fraction of sp³-hybridized carbons (Fsp3) is 0.857. The van der Waals surface area contributed by atoms with Crippen LogP contribution >= 0.6 is 0 Å². The van der Waals surface area contributed by atoms with E-state index < -0.39 is 8.07 Å². The highest BCUT2D eigenvalue weighted by Gasteiger charge is 2.28. The van der Waals surface area contributed by atoms with Gasteiger partial charge >= 0.3 is 0 Å². The number of nitrogens with zero attached hydrogens (tertiary/aromatic N) is 1. The molecule has 0 N–H and O–H groups in total. The predicted molar refractivity (Wildman–Crippen MR) is 76.8 cm³/mol. The van der Waals surface area contributed by atoms with E-state index in [2.05, 4.69) is 37.8 Å². The first-order valence-corrected chi connectivity index (χ1v) is 9.92. The van der Waals surface area contributed by atoms with Gasteiger partial charge in [0.1, 0.15) is 0 Å². The summed E-state index contributed by atoms with van der Waals surface area (Å²) in [6, 6.07) is 5.85. The molecule has 1 rings (SSSR count). The van der Waals surface area contributed by atoms with E-state index in [4.69, 9.17) is 0 Å². The van der Waals surface area contributed by atoms with Crippen molar-refractivity contribution in [1.29, 1.82) is 0 Å². The van der Waals surface area contributed by atoms with E-state index in [1.807, 2.05) is 0 Å². The maximum absolute atomic E-state index is 2.68. The summed E-state index contributed by atoms with van der Waals surface area (Å²) in [6.07, 6.45) is 7.52. The summed E-state index contributed by atoms with van der Waals surface area (Å²) in [5.41, 5.74) is 0. The van der Waals surface area contributed by atoms with E-state index >= 15 is 0 Å². The minimum Gasteiger partial charge on any atom is -0.304 e. The second-order valence-corrected chi connectivity index (χ2v) is 10.6. The summed E-state index contributed by atoms with van der Waals surface area (Å²) in [4.78, 5) is 2.68. The smallest absolute Gasteiger partial charge is 0.0580 e. The van der Waals surface area contributed by atoms with Crippen molar-refractivity contribution in [2.75, 3.05) is 19.6 Å². The molecule has 0 aromatic carbocycles. The molecule has 1 aliphatic heterocycles. The van der Waals surface area contributed by atoms with Crippen molar-refractivity contribution in [3.63, 3.8) is 0 Å². The average molecular weight is 239 g/mol. The SMILES string of the molecule is C/C=C/C[Si](CC)(CC)CCN1CCCC1. The van der Waals surface area contributed by atoms with Crippen molar-refractivity contribution >= 4 is 8.07 Å². The molecular weight excluding hydrogens is 210 g/mol. The van der Waals surface area contributed by atoms with E-state index in [9.17, 15) is 0 Å². The number of allylic oxidation sites excluding steroid dienone is 2. The predicted octanol–water partition coefficient (Wildman–Crippen LogP) is 4.15. The van der Waals surface area contributed by atoms with Gasteiger partial charge in [0.05, 0.1) is 8.07 Å². The number of hydrogen-bond acceptors (Lipinski definition) is 1. The minimum atomic E-state index is -0.960. The van der Waals surface area contributed by atoms with Gasteiger partial charge in [-0.3, -0.25) is 0 Å². The monoisotopic (exact) mass is 239 g/mol. The lowest BCUT2D eigenvalue weighted by Gasteiger charge is -2.30.